The lowest BCUT2D eigenvalue weighted by atomic mass is 9.70. The van der Waals surface area contributed by atoms with Crippen LogP contribution in [0.4, 0.5) is 0 Å². The minimum atomic E-state index is 1.23. The summed E-state index contributed by atoms with van der Waals surface area (Å²) in [5.74, 6) is 0. The molecule has 1 fully saturated rings. The van der Waals surface area contributed by atoms with Gasteiger partial charge in [0.05, 0.1) is 0 Å². The van der Waals surface area contributed by atoms with E-state index in [9.17, 15) is 0 Å². The first-order valence-electron chi connectivity index (χ1n) is 4.06. The minimum Gasteiger partial charge on any atom is -0.0766 e. The van der Waals surface area contributed by atoms with Crippen molar-refractivity contribution in [2.24, 2.45) is 0 Å². The Labute approximate surface area is 60.9 Å². The van der Waals surface area contributed by atoms with Crippen molar-refractivity contribution in [1.82, 2.24) is 0 Å². The fourth-order valence-corrected chi connectivity index (χ4v) is 2.07. The molecule has 1 saturated carbocycles. The molecule has 0 aliphatic heterocycles. The highest BCUT2D eigenvalue weighted by molar-refractivity contribution is 5.59. The molecule has 0 aromatic heterocycles. The molecule has 0 radical (unpaired) electrons. The van der Waals surface area contributed by atoms with E-state index in [0.717, 1.165) is 0 Å². The zero-order valence-electron chi connectivity index (χ0n) is 5.98. The number of hydrogen-bond acceptors (Lipinski definition) is 0. The van der Waals surface area contributed by atoms with Crippen LogP contribution in [0.2, 0.25) is 0 Å². The van der Waals surface area contributed by atoms with Gasteiger partial charge < -0.3 is 0 Å². The summed E-state index contributed by atoms with van der Waals surface area (Å²) in [6.45, 7) is 0. The van der Waals surface area contributed by atoms with Crippen LogP contribution < -0.4 is 0 Å². The van der Waals surface area contributed by atoms with Gasteiger partial charge in [-0.05, 0) is 48.0 Å². The molecule has 0 amide bonds. The Balaban J connectivity index is 2.19. The van der Waals surface area contributed by atoms with Crippen LogP contribution >= 0.6 is 0 Å². The van der Waals surface area contributed by atoms with Gasteiger partial charge in [-0.3, -0.25) is 0 Å². The first-order valence-corrected chi connectivity index (χ1v) is 4.06. The van der Waals surface area contributed by atoms with E-state index >= 15 is 0 Å². The van der Waals surface area contributed by atoms with Crippen LogP contribution in [0.1, 0.15) is 25.7 Å². The number of hydrogen-bond donors (Lipinski definition) is 0. The third-order valence-corrected chi connectivity index (χ3v) is 2.90. The lowest BCUT2D eigenvalue weighted by Crippen LogP contribution is -2.16. The summed E-state index contributed by atoms with van der Waals surface area (Å²) in [6, 6.07) is 0. The molecule has 50 valence electrons. The van der Waals surface area contributed by atoms with Gasteiger partial charge in [-0.1, -0.05) is 12.2 Å². The van der Waals surface area contributed by atoms with Gasteiger partial charge in [0.1, 0.15) is 0 Å². The van der Waals surface area contributed by atoms with Crippen molar-refractivity contribution in [2.75, 3.05) is 0 Å². The average Bonchev–Trinajstić information content (AvgIpc) is 1.84. The highest BCUT2D eigenvalue weighted by Crippen LogP contribution is 2.47. The Hall–Kier alpha value is -0.780. The summed E-state index contributed by atoms with van der Waals surface area (Å²) >= 11 is 0. The van der Waals surface area contributed by atoms with E-state index in [1.54, 1.807) is 22.3 Å². The number of allylic oxidation sites excluding steroid dienone is 6. The molecule has 0 heterocycles. The molecule has 0 atom stereocenters. The fraction of sp³-hybridized carbons (Fsp3) is 0.400. The second-order valence-electron chi connectivity index (χ2n) is 3.32. The van der Waals surface area contributed by atoms with Gasteiger partial charge in [0.2, 0.25) is 0 Å². The van der Waals surface area contributed by atoms with Crippen LogP contribution in [0.5, 0.6) is 0 Å². The molecule has 3 aliphatic rings. The smallest absolute Gasteiger partial charge is 0.00858 e. The lowest BCUT2D eigenvalue weighted by Gasteiger charge is -2.34. The van der Waals surface area contributed by atoms with E-state index in [1.165, 1.54) is 25.7 Å². The van der Waals surface area contributed by atoms with Crippen molar-refractivity contribution in [3.05, 3.63) is 34.4 Å². The fourth-order valence-electron chi connectivity index (χ4n) is 2.07. The Morgan fingerprint density at radius 1 is 0.800 bits per heavy atom. The normalized spacial score (nSPS) is 27.2. The molecule has 10 heavy (non-hydrogen) atoms. The summed E-state index contributed by atoms with van der Waals surface area (Å²) in [5, 5.41) is 0. The van der Waals surface area contributed by atoms with Crippen LogP contribution in [0.15, 0.2) is 34.4 Å². The van der Waals surface area contributed by atoms with E-state index in [4.69, 9.17) is 0 Å². The van der Waals surface area contributed by atoms with Gasteiger partial charge >= 0.3 is 0 Å². The predicted octanol–water partition coefficient (Wildman–Crippen LogP) is 2.74. The zero-order chi connectivity index (χ0) is 6.55. The van der Waals surface area contributed by atoms with Crippen LogP contribution in [0.25, 0.3) is 0 Å². The molecule has 0 aromatic carbocycles. The molecular weight excluding hydrogens is 120 g/mol. The summed E-state index contributed by atoms with van der Waals surface area (Å²) in [6.07, 6.45) is 9.99. The molecule has 0 spiro atoms. The quantitative estimate of drug-likeness (QED) is 0.473. The van der Waals surface area contributed by atoms with E-state index in [0.29, 0.717) is 0 Å². The third kappa shape index (κ3) is 0.406. The molecular formula is C10H10. The van der Waals surface area contributed by atoms with Gasteiger partial charge in [0, 0.05) is 0 Å². The van der Waals surface area contributed by atoms with E-state index in [2.05, 4.69) is 12.2 Å². The SMILES string of the molecule is C1=C2CC=C3CCC3=C2C1. The molecule has 0 bridgehead atoms. The molecule has 0 aromatic rings. The van der Waals surface area contributed by atoms with Crippen LogP contribution in [0, 0.1) is 0 Å². The summed E-state index contributed by atoms with van der Waals surface area (Å²) in [7, 11) is 0. The Bertz CT molecular complexity index is 287. The molecule has 0 heteroatoms. The van der Waals surface area contributed by atoms with Gasteiger partial charge in [-0.2, -0.15) is 0 Å². The molecule has 0 unspecified atom stereocenters. The van der Waals surface area contributed by atoms with Crippen LogP contribution in [-0.4, -0.2) is 0 Å². The van der Waals surface area contributed by atoms with Gasteiger partial charge in [0.25, 0.3) is 0 Å². The predicted molar refractivity (Wildman–Crippen MR) is 41.7 cm³/mol. The number of rotatable bonds is 0. The first-order chi connectivity index (χ1) is 4.95. The minimum absolute atomic E-state index is 1.23. The average molecular weight is 130 g/mol. The van der Waals surface area contributed by atoms with Gasteiger partial charge in [0.15, 0.2) is 0 Å². The highest BCUT2D eigenvalue weighted by atomic mass is 14.3. The maximum Gasteiger partial charge on any atom is -0.00858 e. The third-order valence-electron chi connectivity index (χ3n) is 2.90. The van der Waals surface area contributed by atoms with Crippen molar-refractivity contribution in [3.8, 4) is 0 Å². The van der Waals surface area contributed by atoms with Crippen molar-refractivity contribution >= 4 is 0 Å². The van der Waals surface area contributed by atoms with E-state index < -0.39 is 0 Å². The summed E-state index contributed by atoms with van der Waals surface area (Å²) in [4.78, 5) is 0. The van der Waals surface area contributed by atoms with Gasteiger partial charge in [-0.15, -0.1) is 0 Å². The van der Waals surface area contributed by atoms with E-state index in [-0.39, 0.29) is 0 Å². The van der Waals surface area contributed by atoms with Crippen LogP contribution in [-0.2, 0) is 0 Å². The molecule has 0 saturated heterocycles. The summed E-state index contributed by atoms with van der Waals surface area (Å²) in [5.41, 5.74) is 6.68. The largest absolute Gasteiger partial charge is 0.0766 e. The molecule has 3 aliphatic carbocycles. The Morgan fingerprint density at radius 3 is 2.20 bits per heavy atom. The maximum atomic E-state index is 2.41. The Morgan fingerprint density at radius 2 is 1.70 bits per heavy atom. The van der Waals surface area contributed by atoms with Gasteiger partial charge in [-0.25, -0.2) is 0 Å². The van der Waals surface area contributed by atoms with Crippen molar-refractivity contribution in [1.29, 1.82) is 0 Å². The maximum absolute atomic E-state index is 2.41. The van der Waals surface area contributed by atoms with Crippen molar-refractivity contribution in [2.45, 2.75) is 25.7 Å². The standard InChI is InChI=1S/C10H10/c1-2-8-4-6-10(8)9-5-3-7(1)9/h1,4H,2-3,5-6H2. The molecule has 0 nitrogen and oxygen atoms in total. The highest BCUT2D eigenvalue weighted by Gasteiger charge is 2.28. The molecule has 3 rings (SSSR count). The van der Waals surface area contributed by atoms with E-state index in [1.807, 2.05) is 0 Å². The second kappa shape index (κ2) is 1.45. The second-order valence-corrected chi connectivity index (χ2v) is 3.32. The van der Waals surface area contributed by atoms with Crippen LogP contribution in [0.3, 0.4) is 0 Å². The Kier molecular flexibility index (Phi) is 0.715. The van der Waals surface area contributed by atoms with Crippen molar-refractivity contribution in [3.63, 3.8) is 0 Å². The summed E-state index contributed by atoms with van der Waals surface area (Å²) < 4.78 is 0. The monoisotopic (exact) mass is 130 g/mol. The number of fused-ring (bicyclic) bond motifs is 2. The first kappa shape index (κ1) is 4.95. The topological polar surface area (TPSA) is 0 Å². The molecule has 0 N–H and O–H groups in total. The lowest BCUT2D eigenvalue weighted by molar-refractivity contribution is 0.763. The zero-order valence-corrected chi connectivity index (χ0v) is 5.98. The van der Waals surface area contributed by atoms with Crippen molar-refractivity contribution < 1.29 is 0 Å².